The first-order valence-electron chi connectivity index (χ1n) is 7.97. The number of ether oxygens (including phenoxy) is 1. The van der Waals surface area contributed by atoms with Crippen molar-refractivity contribution in [2.24, 2.45) is 0 Å². The van der Waals surface area contributed by atoms with E-state index in [-0.39, 0.29) is 16.5 Å². The molecule has 7 nitrogen and oxygen atoms in total. The van der Waals surface area contributed by atoms with Crippen LogP contribution in [0.3, 0.4) is 0 Å². The van der Waals surface area contributed by atoms with Gasteiger partial charge in [0.1, 0.15) is 0 Å². The second-order valence-corrected chi connectivity index (χ2v) is 8.38. The molecular weight excluding hydrogens is 399 g/mol. The molecule has 0 atom stereocenters. The van der Waals surface area contributed by atoms with Gasteiger partial charge in [0.15, 0.2) is 0 Å². The van der Waals surface area contributed by atoms with E-state index in [1.165, 1.54) is 18.2 Å². The average Bonchev–Trinajstić information content (AvgIpc) is 2.62. The Bertz CT molecular complexity index is 902. The van der Waals surface area contributed by atoms with Crippen LogP contribution in [0, 0.1) is 6.92 Å². The second kappa shape index (κ2) is 8.06. The van der Waals surface area contributed by atoms with Gasteiger partial charge in [0, 0.05) is 18.8 Å². The predicted octanol–water partition coefficient (Wildman–Crippen LogP) is 2.41. The van der Waals surface area contributed by atoms with Crippen molar-refractivity contribution in [3.63, 3.8) is 0 Å². The van der Waals surface area contributed by atoms with Gasteiger partial charge in [-0.3, -0.25) is 0 Å². The average molecular weight is 417 g/mol. The zero-order valence-electron chi connectivity index (χ0n) is 14.1. The van der Waals surface area contributed by atoms with Crippen LogP contribution in [0.5, 0.6) is 0 Å². The van der Waals surface area contributed by atoms with Crippen molar-refractivity contribution < 1.29 is 13.2 Å². The molecule has 0 aliphatic carbocycles. The molecule has 2 heterocycles. The number of rotatable bonds is 5. The molecular formula is C16H18Cl2N4O3S. The van der Waals surface area contributed by atoms with Crippen molar-refractivity contribution in [2.45, 2.75) is 18.4 Å². The third-order valence-corrected chi connectivity index (χ3v) is 5.97. The van der Waals surface area contributed by atoms with Crippen molar-refractivity contribution >= 4 is 39.2 Å². The van der Waals surface area contributed by atoms with E-state index in [0.29, 0.717) is 43.0 Å². The molecule has 140 valence electrons. The standard InChI is InChI=1S/C16H18Cl2N4O3S/c1-11-8-12(21-16(20-11)22-4-6-25-7-5-22)10-19-26(23,24)13-2-3-14(17)15(18)9-13/h2-3,8-9,19H,4-7,10H2,1H3. The fourth-order valence-corrected chi connectivity index (χ4v) is 3.90. The molecule has 1 aliphatic rings. The monoisotopic (exact) mass is 416 g/mol. The molecule has 26 heavy (non-hydrogen) atoms. The number of aromatic nitrogens is 2. The quantitative estimate of drug-likeness (QED) is 0.805. The van der Waals surface area contributed by atoms with E-state index in [2.05, 4.69) is 14.7 Å². The largest absolute Gasteiger partial charge is 0.378 e. The van der Waals surface area contributed by atoms with E-state index in [1.54, 1.807) is 6.07 Å². The Morgan fingerprint density at radius 1 is 1.15 bits per heavy atom. The summed E-state index contributed by atoms with van der Waals surface area (Å²) in [5.41, 5.74) is 1.35. The van der Waals surface area contributed by atoms with E-state index in [1.807, 2.05) is 11.8 Å². The van der Waals surface area contributed by atoms with Gasteiger partial charge in [-0.15, -0.1) is 0 Å². The number of halogens is 2. The molecule has 0 saturated carbocycles. The van der Waals surface area contributed by atoms with Gasteiger partial charge >= 0.3 is 0 Å². The van der Waals surface area contributed by atoms with E-state index in [9.17, 15) is 8.42 Å². The van der Waals surface area contributed by atoms with Crippen LogP contribution in [-0.2, 0) is 21.3 Å². The second-order valence-electron chi connectivity index (χ2n) is 5.80. The summed E-state index contributed by atoms with van der Waals surface area (Å²) in [6, 6.07) is 5.92. The molecule has 10 heteroatoms. The number of sulfonamides is 1. The highest BCUT2D eigenvalue weighted by Crippen LogP contribution is 2.24. The Morgan fingerprint density at radius 3 is 2.58 bits per heavy atom. The first-order chi connectivity index (χ1) is 12.3. The van der Waals surface area contributed by atoms with Gasteiger partial charge in [0.05, 0.1) is 40.4 Å². The summed E-state index contributed by atoms with van der Waals surface area (Å²) in [4.78, 5) is 11.0. The number of nitrogens with one attached hydrogen (secondary N) is 1. The molecule has 0 spiro atoms. The Morgan fingerprint density at radius 2 is 1.88 bits per heavy atom. The van der Waals surface area contributed by atoms with Crippen molar-refractivity contribution in [1.82, 2.24) is 14.7 Å². The topological polar surface area (TPSA) is 84.4 Å². The third kappa shape index (κ3) is 4.63. The summed E-state index contributed by atoms with van der Waals surface area (Å²) < 4.78 is 32.8. The van der Waals surface area contributed by atoms with Crippen LogP contribution in [-0.4, -0.2) is 44.7 Å². The Hall–Kier alpha value is -1.45. The number of aryl methyl sites for hydroxylation is 1. The normalized spacial score (nSPS) is 15.3. The smallest absolute Gasteiger partial charge is 0.240 e. The van der Waals surface area contributed by atoms with E-state index in [0.717, 1.165) is 5.69 Å². The summed E-state index contributed by atoms with van der Waals surface area (Å²) in [5.74, 6) is 0.581. The number of hydrogen-bond acceptors (Lipinski definition) is 6. The van der Waals surface area contributed by atoms with Crippen LogP contribution < -0.4 is 9.62 Å². The number of hydrogen-bond donors (Lipinski definition) is 1. The summed E-state index contributed by atoms with van der Waals surface area (Å²) in [7, 11) is -3.74. The molecule has 2 aromatic rings. The Balaban J connectivity index is 1.76. The number of morpholine rings is 1. The van der Waals surface area contributed by atoms with Gasteiger partial charge < -0.3 is 9.64 Å². The SMILES string of the molecule is Cc1cc(CNS(=O)(=O)c2ccc(Cl)c(Cl)c2)nc(N2CCOCC2)n1. The van der Waals surface area contributed by atoms with E-state index >= 15 is 0 Å². The fourth-order valence-electron chi connectivity index (χ4n) is 2.51. The molecule has 1 fully saturated rings. The maximum Gasteiger partial charge on any atom is 0.240 e. The maximum absolute atomic E-state index is 12.5. The Kier molecular flexibility index (Phi) is 5.99. The van der Waals surface area contributed by atoms with Crippen LogP contribution in [0.15, 0.2) is 29.2 Å². The van der Waals surface area contributed by atoms with E-state index in [4.69, 9.17) is 27.9 Å². The Labute approximate surface area is 162 Å². The zero-order valence-corrected chi connectivity index (χ0v) is 16.4. The first-order valence-corrected chi connectivity index (χ1v) is 10.2. The lowest BCUT2D eigenvalue weighted by atomic mass is 10.3. The van der Waals surface area contributed by atoms with Gasteiger partial charge in [-0.2, -0.15) is 0 Å². The fraction of sp³-hybridized carbons (Fsp3) is 0.375. The molecule has 1 aromatic carbocycles. The minimum Gasteiger partial charge on any atom is -0.378 e. The van der Waals surface area contributed by atoms with Crippen LogP contribution in [0.4, 0.5) is 5.95 Å². The lowest BCUT2D eigenvalue weighted by Crippen LogP contribution is -2.37. The molecule has 1 N–H and O–H groups in total. The number of nitrogens with zero attached hydrogens (tertiary/aromatic N) is 3. The predicted molar refractivity (Wildman–Crippen MR) is 100 cm³/mol. The van der Waals surface area contributed by atoms with Gasteiger partial charge in [0.25, 0.3) is 0 Å². The van der Waals surface area contributed by atoms with Crippen molar-refractivity contribution in [1.29, 1.82) is 0 Å². The highest BCUT2D eigenvalue weighted by molar-refractivity contribution is 7.89. The summed E-state index contributed by atoms with van der Waals surface area (Å²) in [6.07, 6.45) is 0. The van der Waals surface area contributed by atoms with Gasteiger partial charge in [-0.25, -0.2) is 23.1 Å². The molecule has 0 bridgehead atoms. The van der Waals surface area contributed by atoms with E-state index < -0.39 is 10.0 Å². The lowest BCUT2D eigenvalue weighted by molar-refractivity contribution is 0.122. The first kappa shape index (κ1) is 19.3. The van der Waals surface area contributed by atoms with Crippen molar-refractivity contribution in [3.8, 4) is 0 Å². The van der Waals surface area contributed by atoms with Crippen LogP contribution >= 0.6 is 23.2 Å². The molecule has 3 rings (SSSR count). The number of anilines is 1. The highest BCUT2D eigenvalue weighted by Gasteiger charge is 2.18. The van der Waals surface area contributed by atoms with Gasteiger partial charge in [0.2, 0.25) is 16.0 Å². The van der Waals surface area contributed by atoms with Crippen LogP contribution in [0.1, 0.15) is 11.4 Å². The summed E-state index contributed by atoms with van der Waals surface area (Å²) in [6.45, 7) is 4.55. The van der Waals surface area contributed by atoms with Crippen molar-refractivity contribution in [3.05, 3.63) is 45.7 Å². The number of benzene rings is 1. The van der Waals surface area contributed by atoms with Crippen molar-refractivity contribution in [2.75, 3.05) is 31.2 Å². The van der Waals surface area contributed by atoms with Gasteiger partial charge in [-0.1, -0.05) is 23.2 Å². The molecule has 1 saturated heterocycles. The van der Waals surface area contributed by atoms with Crippen LogP contribution in [0.25, 0.3) is 0 Å². The molecule has 0 unspecified atom stereocenters. The molecule has 1 aromatic heterocycles. The maximum atomic E-state index is 12.5. The minimum atomic E-state index is -3.74. The molecule has 0 amide bonds. The minimum absolute atomic E-state index is 0.0449. The van der Waals surface area contributed by atoms with Crippen LogP contribution in [0.2, 0.25) is 10.0 Å². The molecule has 0 radical (unpaired) electrons. The zero-order chi connectivity index (χ0) is 18.7. The summed E-state index contributed by atoms with van der Waals surface area (Å²) >= 11 is 11.7. The lowest BCUT2D eigenvalue weighted by Gasteiger charge is -2.27. The van der Waals surface area contributed by atoms with Gasteiger partial charge in [-0.05, 0) is 31.2 Å². The third-order valence-electron chi connectivity index (χ3n) is 3.83. The molecule has 1 aliphatic heterocycles. The summed E-state index contributed by atoms with van der Waals surface area (Å²) in [5, 5.41) is 0.481. The highest BCUT2D eigenvalue weighted by atomic mass is 35.5.